The van der Waals surface area contributed by atoms with Crippen molar-refractivity contribution in [1.29, 1.82) is 0 Å². The molecule has 1 aromatic heterocycles. The van der Waals surface area contributed by atoms with E-state index in [2.05, 4.69) is 0 Å². The number of rotatable bonds is 4. The number of benzene rings is 1. The highest BCUT2D eigenvalue weighted by Crippen LogP contribution is 2.22. The number of aryl methyl sites for hydroxylation is 2. The van der Waals surface area contributed by atoms with Crippen molar-refractivity contribution >= 4 is 23.1 Å². The number of carbonyl (C=O) groups is 2. The number of hydrogen-bond acceptors (Lipinski definition) is 4. The summed E-state index contributed by atoms with van der Waals surface area (Å²) < 4.78 is 5.07. The Morgan fingerprint density at radius 2 is 1.90 bits per heavy atom. The van der Waals surface area contributed by atoms with Crippen molar-refractivity contribution in [1.82, 2.24) is 0 Å². The van der Waals surface area contributed by atoms with E-state index in [9.17, 15) is 9.59 Å². The van der Waals surface area contributed by atoms with E-state index in [1.807, 2.05) is 23.6 Å². The highest BCUT2D eigenvalue weighted by molar-refractivity contribution is 7.11. The lowest BCUT2D eigenvalue weighted by Crippen LogP contribution is -2.14. The summed E-state index contributed by atoms with van der Waals surface area (Å²) in [5.74, 6) is -0.579. The lowest BCUT2D eigenvalue weighted by atomic mass is 9.90. The molecular formula is C17H16O3S. The number of esters is 1. The SMILES string of the molecule is O=C(COC(=O)c1cccs1)c1ccc2c(c1)CCCC2. The van der Waals surface area contributed by atoms with Gasteiger partial charge in [-0.15, -0.1) is 11.3 Å². The second-order valence-electron chi connectivity index (χ2n) is 5.17. The average molecular weight is 300 g/mol. The zero-order valence-corrected chi connectivity index (χ0v) is 12.4. The molecule has 108 valence electrons. The van der Waals surface area contributed by atoms with Crippen molar-refractivity contribution in [3.8, 4) is 0 Å². The van der Waals surface area contributed by atoms with Crippen LogP contribution in [0, 0.1) is 0 Å². The fourth-order valence-electron chi connectivity index (χ4n) is 2.59. The number of carbonyl (C=O) groups excluding carboxylic acids is 2. The summed E-state index contributed by atoms with van der Waals surface area (Å²) in [6.07, 6.45) is 4.53. The van der Waals surface area contributed by atoms with Crippen LogP contribution in [0.1, 0.15) is 44.0 Å². The predicted octanol–water partition coefficient (Wildman–Crippen LogP) is 3.67. The molecule has 4 heteroatoms. The molecule has 1 aliphatic rings. The molecule has 0 atom stereocenters. The Bertz CT molecular complexity index is 659. The zero-order chi connectivity index (χ0) is 14.7. The van der Waals surface area contributed by atoms with E-state index in [4.69, 9.17) is 4.74 Å². The molecule has 0 aliphatic heterocycles. The number of ketones is 1. The third-order valence-electron chi connectivity index (χ3n) is 3.73. The number of fused-ring (bicyclic) bond motifs is 1. The van der Waals surface area contributed by atoms with Gasteiger partial charge >= 0.3 is 5.97 Å². The van der Waals surface area contributed by atoms with Crippen molar-refractivity contribution < 1.29 is 14.3 Å². The third-order valence-corrected chi connectivity index (χ3v) is 4.58. The molecule has 1 heterocycles. The molecule has 2 aromatic rings. The first-order valence-electron chi connectivity index (χ1n) is 7.09. The molecule has 3 rings (SSSR count). The number of hydrogen-bond donors (Lipinski definition) is 0. The van der Waals surface area contributed by atoms with Gasteiger partial charge in [0.25, 0.3) is 0 Å². The molecule has 21 heavy (non-hydrogen) atoms. The average Bonchev–Trinajstić information content (AvgIpc) is 3.06. The first-order valence-corrected chi connectivity index (χ1v) is 7.97. The van der Waals surface area contributed by atoms with Gasteiger partial charge in [0.15, 0.2) is 12.4 Å². The summed E-state index contributed by atoms with van der Waals surface area (Å²) in [5.41, 5.74) is 3.24. The minimum absolute atomic E-state index is 0.145. The molecule has 0 saturated carbocycles. The summed E-state index contributed by atoms with van der Waals surface area (Å²) in [4.78, 5) is 24.4. The van der Waals surface area contributed by atoms with Gasteiger partial charge in [0.05, 0.1) is 0 Å². The monoisotopic (exact) mass is 300 g/mol. The second-order valence-corrected chi connectivity index (χ2v) is 6.11. The van der Waals surface area contributed by atoms with Crippen LogP contribution in [0.25, 0.3) is 0 Å². The summed E-state index contributed by atoms with van der Waals surface area (Å²) in [7, 11) is 0. The molecule has 0 bridgehead atoms. The van der Waals surface area contributed by atoms with Gasteiger partial charge in [0.1, 0.15) is 4.88 Å². The molecule has 0 N–H and O–H groups in total. The number of thiophene rings is 1. The quantitative estimate of drug-likeness (QED) is 0.639. The van der Waals surface area contributed by atoms with Crippen LogP contribution in [0.2, 0.25) is 0 Å². The molecular weight excluding hydrogens is 284 g/mol. The predicted molar refractivity (Wildman–Crippen MR) is 82.0 cm³/mol. The van der Waals surface area contributed by atoms with E-state index in [0.717, 1.165) is 12.8 Å². The molecule has 0 amide bonds. The van der Waals surface area contributed by atoms with E-state index in [0.29, 0.717) is 10.4 Å². The van der Waals surface area contributed by atoms with Crippen LogP contribution in [0.15, 0.2) is 35.7 Å². The maximum atomic E-state index is 12.1. The molecule has 0 radical (unpaired) electrons. The van der Waals surface area contributed by atoms with Gasteiger partial charge in [-0.05, 0) is 54.3 Å². The van der Waals surface area contributed by atoms with Gasteiger partial charge in [0, 0.05) is 5.56 Å². The Hall–Kier alpha value is -1.94. The van der Waals surface area contributed by atoms with Crippen LogP contribution in [-0.4, -0.2) is 18.4 Å². The van der Waals surface area contributed by atoms with E-state index in [1.54, 1.807) is 12.1 Å². The van der Waals surface area contributed by atoms with Gasteiger partial charge in [0.2, 0.25) is 0 Å². The fraction of sp³-hybridized carbons (Fsp3) is 0.294. The third kappa shape index (κ3) is 3.22. The molecule has 3 nitrogen and oxygen atoms in total. The van der Waals surface area contributed by atoms with Crippen LogP contribution in [-0.2, 0) is 17.6 Å². The summed E-state index contributed by atoms with van der Waals surface area (Å²) in [6.45, 7) is -0.199. The molecule has 1 aliphatic carbocycles. The van der Waals surface area contributed by atoms with E-state index in [1.165, 1.54) is 35.3 Å². The van der Waals surface area contributed by atoms with Crippen LogP contribution in [0.5, 0.6) is 0 Å². The molecule has 0 spiro atoms. The maximum absolute atomic E-state index is 12.1. The minimum atomic E-state index is -0.434. The Kier molecular flexibility index (Phi) is 4.15. The van der Waals surface area contributed by atoms with E-state index >= 15 is 0 Å². The maximum Gasteiger partial charge on any atom is 0.348 e. The van der Waals surface area contributed by atoms with Crippen LogP contribution in [0.4, 0.5) is 0 Å². The lowest BCUT2D eigenvalue weighted by molar-refractivity contribution is 0.0479. The standard InChI is InChI=1S/C17H16O3S/c18-15(11-20-17(19)16-6-3-9-21-16)14-8-7-12-4-1-2-5-13(12)10-14/h3,6-10H,1-2,4-5,11H2. The summed E-state index contributed by atoms with van der Waals surface area (Å²) in [6, 6.07) is 9.30. The van der Waals surface area contributed by atoms with E-state index in [-0.39, 0.29) is 12.4 Å². The smallest absolute Gasteiger partial charge is 0.348 e. The normalized spacial score (nSPS) is 13.5. The van der Waals surface area contributed by atoms with Crippen molar-refractivity contribution in [3.63, 3.8) is 0 Å². The molecule has 0 unspecified atom stereocenters. The number of Topliss-reactive ketones (excluding diaryl/α,β-unsaturated/α-hetero) is 1. The number of ether oxygens (including phenoxy) is 1. The van der Waals surface area contributed by atoms with Crippen molar-refractivity contribution in [2.45, 2.75) is 25.7 Å². The van der Waals surface area contributed by atoms with Gasteiger partial charge in [-0.1, -0.05) is 18.2 Å². The van der Waals surface area contributed by atoms with Crippen molar-refractivity contribution in [2.75, 3.05) is 6.61 Å². The Labute approximate surface area is 127 Å². The van der Waals surface area contributed by atoms with E-state index < -0.39 is 5.97 Å². The second kappa shape index (κ2) is 6.22. The van der Waals surface area contributed by atoms with Gasteiger partial charge in [-0.3, -0.25) is 4.79 Å². The summed E-state index contributed by atoms with van der Waals surface area (Å²) >= 11 is 1.31. The highest BCUT2D eigenvalue weighted by Gasteiger charge is 2.15. The zero-order valence-electron chi connectivity index (χ0n) is 11.6. The Morgan fingerprint density at radius 1 is 1.10 bits per heavy atom. The Balaban J connectivity index is 1.64. The fourth-order valence-corrected chi connectivity index (χ4v) is 3.20. The molecule has 0 saturated heterocycles. The van der Waals surface area contributed by atoms with Gasteiger partial charge in [-0.25, -0.2) is 4.79 Å². The van der Waals surface area contributed by atoms with Crippen molar-refractivity contribution in [2.24, 2.45) is 0 Å². The van der Waals surface area contributed by atoms with Crippen LogP contribution in [0.3, 0.4) is 0 Å². The first-order chi connectivity index (χ1) is 10.2. The highest BCUT2D eigenvalue weighted by atomic mass is 32.1. The minimum Gasteiger partial charge on any atom is -0.453 e. The van der Waals surface area contributed by atoms with Gasteiger partial charge < -0.3 is 4.74 Å². The first kappa shape index (κ1) is 14.0. The Morgan fingerprint density at radius 3 is 2.67 bits per heavy atom. The largest absolute Gasteiger partial charge is 0.453 e. The molecule has 0 fully saturated rings. The summed E-state index contributed by atoms with van der Waals surface area (Å²) in [5, 5.41) is 1.81. The van der Waals surface area contributed by atoms with Gasteiger partial charge in [-0.2, -0.15) is 0 Å². The molecule has 1 aromatic carbocycles. The van der Waals surface area contributed by atoms with Crippen LogP contribution >= 0.6 is 11.3 Å². The lowest BCUT2D eigenvalue weighted by Gasteiger charge is -2.16. The van der Waals surface area contributed by atoms with Crippen LogP contribution < -0.4 is 0 Å². The van der Waals surface area contributed by atoms with Crippen molar-refractivity contribution in [3.05, 3.63) is 57.3 Å². The topological polar surface area (TPSA) is 43.4 Å².